The van der Waals surface area contributed by atoms with Gasteiger partial charge in [-0.2, -0.15) is 0 Å². The van der Waals surface area contributed by atoms with Crippen LogP contribution in [-0.2, 0) is 10.0 Å². The van der Waals surface area contributed by atoms with Gasteiger partial charge in [0.1, 0.15) is 4.90 Å². The minimum atomic E-state index is -3.66. The van der Waals surface area contributed by atoms with Crippen LogP contribution in [0.15, 0.2) is 44.4 Å². The predicted molar refractivity (Wildman–Crippen MR) is 86.4 cm³/mol. The molecule has 0 unspecified atom stereocenters. The Morgan fingerprint density at radius 1 is 1.10 bits per heavy atom. The Morgan fingerprint density at radius 2 is 1.80 bits per heavy atom. The van der Waals surface area contributed by atoms with Crippen LogP contribution in [-0.4, -0.2) is 13.4 Å². The molecule has 0 amide bonds. The van der Waals surface area contributed by atoms with Crippen molar-refractivity contribution < 1.29 is 8.42 Å². The van der Waals surface area contributed by atoms with Gasteiger partial charge in [0.25, 0.3) is 10.0 Å². The molecule has 20 heavy (non-hydrogen) atoms. The van der Waals surface area contributed by atoms with E-state index in [0.29, 0.717) is 10.2 Å². The fraction of sp³-hybridized carbons (Fsp3) is 0.154. The highest BCUT2D eigenvalue weighted by molar-refractivity contribution is 9.11. The van der Waals surface area contributed by atoms with E-state index in [4.69, 9.17) is 0 Å². The maximum atomic E-state index is 12.5. The van der Waals surface area contributed by atoms with Gasteiger partial charge < -0.3 is 0 Å². The quantitative estimate of drug-likeness (QED) is 0.816. The summed E-state index contributed by atoms with van der Waals surface area (Å²) in [5.41, 5.74) is 2.23. The number of hydrogen-bond acceptors (Lipinski definition) is 3. The largest absolute Gasteiger partial charge is 0.279 e. The van der Waals surface area contributed by atoms with Gasteiger partial charge in [0, 0.05) is 21.3 Å². The van der Waals surface area contributed by atoms with Gasteiger partial charge in [-0.15, -0.1) is 0 Å². The molecule has 106 valence electrons. The van der Waals surface area contributed by atoms with Gasteiger partial charge >= 0.3 is 0 Å². The Bertz CT molecular complexity index is 761. The van der Waals surface area contributed by atoms with Gasteiger partial charge in [-0.1, -0.05) is 15.9 Å². The van der Waals surface area contributed by atoms with Gasteiger partial charge in [0.05, 0.1) is 5.69 Å². The number of benzene rings is 1. The van der Waals surface area contributed by atoms with Crippen molar-refractivity contribution in [1.82, 2.24) is 4.98 Å². The van der Waals surface area contributed by atoms with E-state index >= 15 is 0 Å². The lowest BCUT2D eigenvalue weighted by atomic mass is 10.2. The van der Waals surface area contributed by atoms with E-state index in [1.54, 1.807) is 37.5 Å². The summed E-state index contributed by atoms with van der Waals surface area (Å²) < 4.78 is 28.8. The van der Waals surface area contributed by atoms with Crippen LogP contribution in [0.3, 0.4) is 0 Å². The van der Waals surface area contributed by atoms with E-state index in [-0.39, 0.29) is 4.90 Å². The molecule has 0 saturated heterocycles. The number of rotatable bonds is 3. The summed E-state index contributed by atoms with van der Waals surface area (Å²) in [5, 5.41) is 0. The standard InChI is InChI=1S/C13H12Br2N2O2S/c1-8-5-11(15)13(6-10(8)14)20(18,19)17-12-3-4-16-7-9(12)2/h3-7H,1-2H3,(H,16,17). The smallest absolute Gasteiger partial charge is 0.263 e. The number of aryl methyl sites for hydroxylation is 2. The zero-order chi connectivity index (χ0) is 14.9. The summed E-state index contributed by atoms with van der Waals surface area (Å²) in [6.07, 6.45) is 3.16. The molecular weight excluding hydrogens is 408 g/mol. The second-order valence-electron chi connectivity index (χ2n) is 4.33. The van der Waals surface area contributed by atoms with Crippen LogP contribution in [0.2, 0.25) is 0 Å². The molecule has 0 radical (unpaired) electrons. The Balaban J connectivity index is 2.47. The van der Waals surface area contributed by atoms with Crippen molar-refractivity contribution in [2.45, 2.75) is 18.7 Å². The fourth-order valence-corrected chi connectivity index (χ4v) is 4.43. The van der Waals surface area contributed by atoms with Gasteiger partial charge in [-0.25, -0.2) is 8.42 Å². The normalized spacial score (nSPS) is 11.4. The van der Waals surface area contributed by atoms with Crippen molar-refractivity contribution in [3.63, 3.8) is 0 Å². The predicted octanol–water partition coefficient (Wildman–Crippen LogP) is 4.02. The van der Waals surface area contributed by atoms with Crippen molar-refractivity contribution in [2.24, 2.45) is 0 Å². The van der Waals surface area contributed by atoms with Crippen LogP contribution < -0.4 is 4.72 Å². The average molecular weight is 420 g/mol. The highest BCUT2D eigenvalue weighted by Crippen LogP contribution is 2.30. The summed E-state index contributed by atoms with van der Waals surface area (Å²) in [4.78, 5) is 4.13. The van der Waals surface area contributed by atoms with E-state index in [0.717, 1.165) is 15.6 Å². The molecule has 1 N–H and O–H groups in total. The molecule has 1 aromatic heterocycles. The van der Waals surface area contributed by atoms with Crippen molar-refractivity contribution in [1.29, 1.82) is 0 Å². The number of hydrogen-bond donors (Lipinski definition) is 1. The maximum Gasteiger partial charge on any atom is 0.263 e. The van der Waals surface area contributed by atoms with Crippen molar-refractivity contribution in [3.8, 4) is 0 Å². The number of nitrogens with one attached hydrogen (secondary N) is 1. The summed E-state index contributed by atoms with van der Waals surface area (Å²) in [6.45, 7) is 3.69. The molecule has 0 saturated carbocycles. The van der Waals surface area contributed by atoms with Crippen LogP contribution in [0.5, 0.6) is 0 Å². The summed E-state index contributed by atoms with van der Waals surface area (Å²) >= 11 is 6.65. The topological polar surface area (TPSA) is 59.1 Å². The Hall–Kier alpha value is -0.920. The van der Waals surface area contributed by atoms with Crippen LogP contribution in [0.25, 0.3) is 0 Å². The zero-order valence-electron chi connectivity index (χ0n) is 10.8. The number of nitrogens with zero attached hydrogens (tertiary/aromatic N) is 1. The van der Waals surface area contributed by atoms with E-state index in [1.807, 2.05) is 6.92 Å². The second kappa shape index (κ2) is 5.83. The first-order valence-electron chi connectivity index (χ1n) is 5.70. The highest BCUT2D eigenvalue weighted by Gasteiger charge is 2.19. The third-order valence-electron chi connectivity index (χ3n) is 2.77. The molecule has 0 aliphatic rings. The van der Waals surface area contributed by atoms with Crippen LogP contribution in [0, 0.1) is 13.8 Å². The molecule has 0 bridgehead atoms. The van der Waals surface area contributed by atoms with Crippen molar-refractivity contribution >= 4 is 47.6 Å². The zero-order valence-corrected chi connectivity index (χ0v) is 14.8. The van der Waals surface area contributed by atoms with E-state index in [1.165, 1.54) is 0 Å². The average Bonchev–Trinajstić information content (AvgIpc) is 2.36. The van der Waals surface area contributed by atoms with Crippen LogP contribution in [0.4, 0.5) is 5.69 Å². The fourth-order valence-electron chi connectivity index (χ4n) is 1.62. The molecule has 0 spiro atoms. The summed E-state index contributed by atoms with van der Waals surface area (Å²) in [5.74, 6) is 0. The minimum absolute atomic E-state index is 0.186. The van der Waals surface area contributed by atoms with Crippen LogP contribution in [0.1, 0.15) is 11.1 Å². The second-order valence-corrected chi connectivity index (χ2v) is 7.69. The lowest BCUT2D eigenvalue weighted by Crippen LogP contribution is -2.14. The first-order valence-corrected chi connectivity index (χ1v) is 8.77. The monoisotopic (exact) mass is 418 g/mol. The summed E-state index contributed by atoms with van der Waals surface area (Å²) in [6, 6.07) is 4.97. The molecule has 0 aliphatic carbocycles. The Kier molecular flexibility index (Phi) is 4.51. The number of pyridine rings is 1. The number of halogens is 2. The lowest BCUT2D eigenvalue weighted by Gasteiger charge is -2.12. The third-order valence-corrected chi connectivity index (χ3v) is 5.95. The molecule has 4 nitrogen and oxygen atoms in total. The third kappa shape index (κ3) is 3.21. The summed E-state index contributed by atoms with van der Waals surface area (Å²) in [7, 11) is -3.66. The van der Waals surface area contributed by atoms with Gasteiger partial charge in [0.15, 0.2) is 0 Å². The molecule has 1 heterocycles. The SMILES string of the molecule is Cc1cc(Br)c(S(=O)(=O)Nc2ccncc2C)cc1Br. The van der Waals surface area contributed by atoms with Crippen LogP contribution >= 0.6 is 31.9 Å². The number of aromatic nitrogens is 1. The van der Waals surface area contributed by atoms with Crippen molar-refractivity contribution in [2.75, 3.05) is 4.72 Å². The molecule has 1 aromatic carbocycles. The van der Waals surface area contributed by atoms with Gasteiger partial charge in [-0.05, 0) is 59.1 Å². The maximum absolute atomic E-state index is 12.5. The van der Waals surface area contributed by atoms with Gasteiger partial charge in [0.2, 0.25) is 0 Å². The minimum Gasteiger partial charge on any atom is -0.279 e. The molecule has 2 aromatic rings. The van der Waals surface area contributed by atoms with Crippen molar-refractivity contribution in [3.05, 3.63) is 50.7 Å². The number of anilines is 1. The molecule has 2 rings (SSSR count). The van der Waals surface area contributed by atoms with E-state index in [9.17, 15) is 8.42 Å². The first kappa shape index (κ1) is 15.5. The molecule has 0 fully saturated rings. The van der Waals surface area contributed by atoms with Gasteiger partial charge in [-0.3, -0.25) is 9.71 Å². The lowest BCUT2D eigenvalue weighted by molar-refractivity contribution is 0.600. The molecule has 0 atom stereocenters. The molecule has 7 heteroatoms. The highest BCUT2D eigenvalue weighted by atomic mass is 79.9. The molecule has 0 aliphatic heterocycles. The Labute approximate surface area is 134 Å². The van der Waals surface area contributed by atoms with E-state index < -0.39 is 10.0 Å². The number of sulfonamides is 1. The Morgan fingerprint density at radius 3 is 2.45 bits per heavy atom. The van der Waals surface area contributed by atoms with E-state index in [2.05, 4.69) is 41.6 Å². The molecular formula is C13H12Br2N2O2S. The first-order chi connectivity index (χ1) is 9.31.